The molecule has 2 rings (SSSR count). The number of hydrogen-bond acceptors (Lipinski definition) is 2. The van der Waals surface area contributed by atoms with Gasteiger partial charge in [-0.15, -0.1) is 0 Å². The Morgan fingerprint density at radius 3 is 2.55 bits per heavy atom. The van der Waals surface area contributed by atoms with E-state index >= 15 is 0 Å². The molecule has 0 bridgehead atoms. The molecular weight excluding hydrogens is 299 g/mol. The average Bonchev–Trinajstić information content (AvgIpc) is 2.49. The highest BCUT2D eigenvalue weighted by molar-refractivity contribution is 7.80. The lowest BCUT2D eigenvalue weighted by molar-refractivity contribution is 0.322. The predicted molar refractivity (Wildman–Crippen MR) is 92.0 cm³/mol. The number of halogens is 1. The van der Waals surface area contributed by atoms with Crippen LogP contribution in [0.5, 0.6) is 5.75 Å². The lowest BCUT2D eigenvalue weighted by Gasteiger charge is -2.12. The minimum atomic E-state index is -0.254. The standard InChI is InChI=1S/C17H19FN2OS/c1-12-3-7-15(8-4-12)21-10-9-19-17(22)20-14-6-5-13(2)16(18)11-14/h3-8,11H,9-10H2,1-2H3,(H2,19,20,22). The summed E-state index contributed by atoms with van der Waals surface area (Å²) in [5, 5.41) is 6.40. The fourth-order valence-corrected chi connectivity index (χ4v) is 2.03. The van der Waals surface area contributed by atoms with Crippen molar-refractivity contribution < 1.29 is 9.13 Å². The van der Waals surface area contributed by atoms with E-state index in [1.165, 1.54) is 11.6 Å². The van der Waals surface area contributed by atoms with Gasteiger partial charge in [0, 0.05) is 5.69 Å². The van der Waals surface area contributed by atoms with Crippen LogP contribution in [-0.2, 0) is 0 Å². The van der Waals surface area contributed by atoms with Gasteiger partial charge >= 0.3 is 0 Å². The maximum absolute atomic E-state index is 13.4. The van der Waals surface area contributed by atoms with E-state index in [4.69, 9.17) is 17.0 Å². The monoisotopic (exact) mass is 318 g/mol. The van der Waals surface area contributed by atoms with Crippen LogP contribution in [-0.4, -0.2) is 18.3 Å². The van der Waals surface area contributed by atoms with E-state index in [2.05, 4.69) is 10.6 Å². The second-order valence-corrected chi connectivity index (χ2v) is 5.41. The fourth-order valence-electron chi connectivity index (χ4n) is 1.81. The second-order valence-electron chi connectivity index (χ2n) is 5.01. The smallest absolute Gasteiger partial charge is 0.170 e. The second kappa shape index (κ2) is 7.75. The maximum atomic E-state index is 13.4. The van der Waals surface area contributed by atoms with Crippen LogP contribution in [0.1, 0.15) is 11.1 Å². The van der Waals surface area contributed by atoms with Crippen molar-refractivity contribution in [2.45, 2.75) is 13.8 Å². The molecule has 0 aliphatic heterocycles. The van der Waals surface area contributed by atoms with Crippen molar-refractivity contribution in [2.75, 3.05) is 18.5 Å². The zero-order valence-corrected chi connectivity index (χ0v) is 13.5. The van der Waals surface area contributed by atoms with Gasteiger partial charge in [-0.05, 0) is 55.9 Å². The van der Waals surface area contributed by atoms with Gasteiger partial charge in [0.05, 0.1) is 6.54 Å². The molecule has 0 saturated carbocycles. The summed E-state index contributed by atoms with van der Waals surface area (Å²) >= 11 is 5.16. The molecule has 0 aliphatic rings. The molecule has 0 heterocycles. The summed E-state index contributed by atoms with van der Waals surface area (Å²) in [5.41, 5.74) is 2.43. The van der Waals surface area contributed by atoms with Crippen LogP contribution in [0.3, 0.4) is 0 Å². The molecule has 0 spiro atoms. The molecule has 5 heteroatoms. The zero-order valence-electron chi connectivity index (χ0n) is 12.7. The van der Waals surface area contributed by atoms with Crippen LogP contribution in [0.15, 0.2) is 42.5 Å². The first-order valence-electron chi connectivity index (χ1n) is 7.05. The fraction of sp³-hybridized carbons (Fsp3) is 0.235. The van der Waals surface area contributed by atoms with E-state index in [9.17, 15) is 4.39 Å². The highest BCUT2D eigenvalue weighted by Crippen LogP contribution is 2.13. The Labute approximate surface area is 135 Å². The van der Waals surface area contributed by atoms with Crippen molar-refractivity contribution in [2.24, 2.45) is 0 Å². The Bertz CT molecular complexity index is 644. The highest BCUT2D eigenvalue weighted by atomic mass is 32.1. The lowest BCUT2D eigenvalue weighted by Crippen LogP contribution is -2.32. The predicted octanol–water partition coefficient (Wildman–Crippen LogP) is 3.81. The molecule has 2 aromatic rings. The summed E-state index contributed by atoms with van der Waals surface area (Å²) in [6.07, 6.45) is 0. The molecule has 0 fully saturated rings. The minimum absolute atomic E-state index is 0.254. The van der Waals surface area contributed by atoms with Crippen molar-refractivity contribution in [3.63, 3.8) is 0 Å². The first-order valence-corrected chi connectivity index (χ1v) is 7.46. The van der Waals surface area contributed by atoms with E-state index in [0.29, 0.717) is 29.5 Å². The molecule has 2 aromatic carbocycles. The van der Waals surface area contributed by atoms with Crippen LogP contribution in [0.25, 0.3) is 0 Å². The number of benzene rings is 2. The van der Waals surface area contributed by atoms with Gasteiger partial charge < -0.3 is 15.4 Å². The van der Waals surface area contributed by atoms with E-state index < -0.39 is 0 Å². The molecule has 0 atom stereocenters. The molecule has 3 nitrogen and oxygen atoms in total. The van der Waals surface area contributed by atoms with E-state index in [0.717, 1.165) is 5.75 Å². The normalized spacial score (nSPS) is 10.1. The highest BCUT2D eigenvalue weighted by Gasteiger charge is 2.01. The van der Waals surface area contributed by atoms with Crippen molar-refractivity contribution in [3.05, 3.63) is 59.4 Å². The number of rotatable bonds is 5. The molecular formula is C17H19FN2OS. The third-order valence-corrected chi connectivity index (χ3v) is 3.35. The molecule has 0 radical (unpaired) electrons. The van der Waals surface area contributed by atoms with Crippen LogP contribution >= 0.6 is 12.2 Å². The van der Waals surface area contributed by atoms with Gasteiger partial charge in [-0.3, -0.25) is 0 Å². The quantitative estimate of drug-likeness (QED) is 0.649. The largest absolute Gasteiger partial charge is 0.492 e. The topological polar surface area (TPSA) is 33.3 Å². The van der Waals surface area contributed by atoms with Crippen LogP contribution in [0.2, 0.25) is 0 Å². The summed E-state index contributed by atoms with van der Waals surface area (Å²) in [7, 11) is 0. The SMILES string of the molecule is Cc1ccc(OCCNC(=S)Nc2ccc(C)c(F)c2)cc1. The lowest BCUT2D eigenvalue weighted by atomic mass is 10.2. The summed E-state index contributed by atoms with van der Waals surface area (Å²) in [6, 6.07) is 12.8. The first kappa shape index (κ1) is 16.2. The van der Waals surface area contributed by atoms with Crippen molar-refractivity contribution in [1.29, 1.82) is 0 Å². The van der Waals surface area contributed by atoms with Crippen molar-refractivity contribution >= 4 is 23.0 Å². The number of hydrogen-bond donors (Lipinski definition) is 2. The zero-order chi connectivity index (χ0) is 15.9. The van der Waals surface area contributed by atoms with Crippen LogP contribution < -0.4 is 15.4 Å². The Morgan fingerprint density at radius 2 is 1.86 bits per heavy atom. The molecule has 0 unspecified atom stereocenters. The van der Waals surface area contributed by atoms with E-state index in [1.807, 2.05) is 31.2 Å². The Hall–Kier alpha value is -2.14. The third kappa shape index (κ3) is 5.00. The van der Waals surface area contributed by atoms with Crippen LogP contribution in [0, 0.1) is 19.7 Å². The number of aryl methyl sites for hydroxylation is 2. The van der Waals surface area contributed by atoms with Gasteiger partial charge in [-0.2, -0.15) is 0 Å². The molecule has 0 amide bonds. The summed E-state index contributed by atoms with van der Waals surface area (Å²) < 4.78 is 19.0. The van der Waals surface area contributed by atoms with Crippen molar-refractivity contribution in [1.82, 2.24) is 5.32 Å². The van der Waals surface area contributed by atoms with Crippen molar-refractivity contribution in [3.8, 4) is 5.75 Å². The number of nitrogens with one attached hydrogen (secondary N) is 2. The van der Waals surface area contributed by atoms with Gasteiger partial charge in [-0.25, -0.2) is 4.39 Å². The molecule has 2 N–H and O–H groups in total. The first-order chi connectivity index (χ1) is 10.5. The van der Waals surface area contributed by atoms with E-state index in [-0.39, 0.29) is 5.82 Å². The molecule has 0 aromatic heterocycles. The molecule has 0 saturated heterocycles. The summed E-state index contributed by atoms with van der Waals surface area (Å²) in [6.45, 7) is 4.81. The van der Waals surface area contributed by atoms with Gasteiger partial charge in [0.2, 0.25) is 0 Å². The Kier molecular flexibility index (Phi) is 5.72. The summed E-state index contributed by atoms with van der Waals surface area (Å²) in [5.74, 6) is 0.572. The molecule has 22 heavy (non-hydrogen) atoms. The minimum Gasteiger partial charge on any atom is -0.492 e. The van der Waals surface area contributed by atoms with Gasteiger partial charge in [0.15, 0.2) is 5.11 Å². The molecule has 0 aliphatic carbocycles. The number of anilines is 1. The Morgan fingerprint density at radius 1 is 1.14 bits per heavy atom. The number of thiocarbonyl (C=S) groups is 1. The average molecular weight is 318 g/mol. The summed E-state index contributed by atoms with van der Waals surface area (Å²) in [4.78, 5) is 0. The number of ether oxygens (including phenoxy) is 1. The third-order valence-electron chi connectivity index (χ3n) is 3.11. The van der Waals surface area contributed by atoms with Gasteiger partial charge in [0.1, 0.15) is 18.2 Å². The van der Waals surface area contributed by atoms with Crippen LogP contribution in [0.4, 0.5) is 10.1 Å². The molecule has 116 valence electrons. The maximum Gasteiger partial charge on any atom is 0.170 e. The Balaban J connectivity index is 1.71. The van der Waals surface area contributed by atoms with Gasteiger partial charge in [0.25, 0.3) is 0 Å². The van der Waals surface area contributed by atoms with E-state index in [1.54, 1.807) is 19.1 Å². The van der Waals surface area contributed by atoms with Gasteiger partial charge in [-0.1, -0.05) is 23.8 Å².